The van der Waals surface area contributed by atoms with E-state index >= 15 is 0 Å². The average molecular weight is 141 g/mol. The molecule has 0 aliphatic rings. The van der Waals surface area contributed by atoms with Gasteiger partial charge in [-0.25, -0.2) is 0 Å². The normalized spacial score (nSPS) is 13.0. The van der Waals surface area contributed by atoms with Crippen LogP contribution in [0.1, 0.15) is 46.0 Å². The Labute approximate surface area is 63.8 Å². The summed E-state index contributed by atoms with van der Waals surface area (Å²) in [5.74, 6) is 0.595. The summed E-state index contributed by atoms with van der Waals surface area (Å²) in [6.45, 7) is 4.31. The van der Waals surface area contributed by atoms with E-state index in [0.717, 1.165) is 6.42 Å². The molecular formula is C9H17O. The lowest BCUT2D eigenvalue weighted by Crippen LogP contribution is -1.98. The summed E-state index contributed by atoms with van der Waals surface area (Å²) in [5, 5.41) is 0. The first-order valence-electron chi connectivity index (χ1n) is 4.20. The minimum atomic E-state index is 0.595. The van der Waals surface area contributed by atoms with E-state index in [2.05, 4.69) is 13.8 Å². The molecule has 10 heavy (non-hydrogen) atoms. The highest BCUT2D eigenvalue weighted by Gasteiger charge is 2.03. The maximum absolute atomic E-state index is 10.0. The number of rotatable bonds is 6. The van der Waals surface area contributed by atoms with Crippen molar-refractivity contribution in [2.75, 3.05) is 0 Å². The van der Waals surface area contributed by atoms with Crippen LogP contribution in [0, 0.1) is 5.92 Å². The molecule has 0 saturated heterocycles. The van der Waals surface area contributed by atoms with E-state index in [1.807, 2.05) is 6.29 Å². The molecule has 0 amide bonds. The maximum atomic E-state index is 10.0. The summed E-state index contributed by atoms with van der Waals surface area (Å²) in [5.41, 5.74) is 0. The first-order valence-corrected chi connectivity index (χ1v) is 4.20. The van der Waals surface area contributed by atoms with Crippen molar-refractivity contribution in [1.29, 1.82) is 0 Å². The van der Waals surface area contributed by atoms with Crippen LogP contribution in [0.25, 0.3) is 0 Å². The summed E-state index contributed by atoms with van der Waals surface area (Å²) < 4.78 is 0. The fourth-order valence-electron chi connectivity index (χ4n) is 1.06. The molecule has 1 nitrogen and oxygen atoms in total. The summed E-state index contributed by atoms with van der Waals surface area (Å²) in [6.07, 6.45) is 7.41. The second-order valence-electron chi connectivity index (χ2n) is 2.76. The lowest BCUT2D eigenvalue weighted by Gasteiger charge is -2.08. The Morgan fingerprint density at radius 3 is 2.50 bits per heavy atom. The van der Waals surface area contributed by atoms with E-state index in [1.54, 1.807) is 0 Å². The molecule has 0 fully saturated rings. The molecule has 1 radical (unpaired) electrons. The van der Waals surface area contributed by atoms with Gasteiger partial charge in [-0.05, 0) is 5.92 Å². The smallest absolute Gasteiger partial charge is 0.198 e. The van der Waals surface area contributed by atoms with Gasteiger partial charge in [0.2, 0.25) is 0 Å². The van der Waals surface area contributed by atoms with Crippen LogP contribution in [0.4, 0.5) is 0 Å². The van der Waals surface area contributed by atoms with Crippen LogP contribution in [0.15, 0.2) is 0 Å². The Hall–Kier alpha value is -0.330. The lowest BCUT2D eigenvalue weighted by atomic mass is 9.97. The molecule has 0 aromatic carbocycles. The minimum Gasteiger partial charge on any atom is -0.291 e. The zero-order chi connectivity index (χ0) is 7.82. The summed E-state index contributed by atoms with van der Waals surface area (Å²) in [4.78, 5) is 10.0. The Morgan fingerprint density at radius 1 is 1.40 bits per heavy atom. The van der Waals surface area contributed by atoms with E-state index in [-0.39, 0.29) is 0 Å². The van der Waals surface area contributed by atoms with Crippen molar-refractivity contribution in [3.63, 3.8) is 0 Å². The molecule has 1 heteroatoms. The van der Waals surface area contributed by atoms with E-state index in [4.69, 9.17) is 0 Å². The third-order valence-corrected chi connectivity index (χ3v) is 1.92. The molecule has 0 saturated carbocycles. The predicted octanol–water partition coefficient (Wildman–Crippen LogP) is 2.70. The minimum absolute atomic E-state index is 0.595. The third kappa shape index (κ3) is 4.54. The van der Waals surface area contributed by atoms with Crippen LogP contribution in [-0.2, 0) is 4.79 Å². The molecular weight excluding hydrogens is 124 g/mol. The van der Waals surface area contributed by atoms with E-state index in [0.29, 0.717) is 12.3 Å². The quantitative estimate of drug-likeness (QED) is 0.556. The summed E-state index contributed by atoms with van der Waals surface area (Å²) in [6, 6.07) is 0. The molecule has 0 aliphatic heterocycles. The van der Waals surface area contributed by atoms with Gasteiger partial charge in [0, 0.05) is 6.42 Å². The first kappa shape index (κ1) is 9.67. The van der Waals surface area contributed by atoms with Gasteiger partial charge in [-0.2, -0.15) is 0 Å². The number of hydrogen-bond acceptors (Lipinski definition) is 1. The highest BCUT2D eigenvalue weighted by molar-refractivity contribution is 5.50. The van der Waals surface area contributed by atoms with Gasteiger partial charge in [0.1, 0.15) is 0 Å². The molecule has 0 heterocycles. The molecule has 0 aromatic rings. The highest BCUT2D eigenvalue weighted by atomic mass is 16.1. The fourth-order valence-corrected chi connectivity index (χ4v) is 1.06. The lowest BCUT2D eigenvalue weighted by molar-refractivity contribution is 0.449. The van der Waals surface area contributed by atoms with Crippen molar-refractivity contribution in [3.05, 3.63) is 0 Å². The highest BCUT2D eigenvalue weighted by Crippen LogP contribution is 2.14. The van der Waals surface area contributed by atoms with Crippen molar-refractivity contribution in [1.82, 2.24) is 0 Å². The van der Waals surface area contributed by atoms with Crippen molar-refractivity contribution in [2.24, 2.45) is 5.92 Å². The predicted molar refractivity (Wildman–Crippen MR) is 43.6 cm³/mol. The van der Waals surface area contributed by atoms with Crippen LogP contribution >= 0.6 is 0 Å². The molecule has 0 aliphatic carbocycles. The molecule has 1 unspecified atom stereocenters. The molecule has 0 bridgehead atoms. The summed E-state index contributed by atoms with van der Waals surface area (Å²) >= 11 is 0. The molecule has 0 aromatic heterocycles. The Balaban J connectivity index is 3.29. The third-order valence-electron chi connectivity index (χ3n) is 1.92. The second-order valence-corrected chi connectivity index (χ2v) is 2.76. The number of carbonyl (C=O) groups excluding carboxylic acids is 1. The molecule has 0 rings (SSSR count). The van der Waals surface area contributed by atoms with E-state index in [9.17, 15) is 4.79 Å². The molecule has 59 valence electrons. The van der Waals surface area contributed by atoms with Gasteiger partial charge in [-0.1, -0.05) is 39.5 Å². The Morgan fingerprint density at radius 2 is 2.10 bits per heavy atom. The summed E-state index contributed by atoms with van der Waals surface area (Å²) in [7, 11) is 0. The van der Waals surface area contributed by atoms with Crippen LogP contribution in [0.5, 0.6) is 0 Å². The van der Waals surface area contributed by atoms with E-state index < -0.39 is 0 Å². The number of unbranched alkanes of at least 4 members (excludes halogenated alkanes) is 1. The van der Waals surface area contributed by atoms with Gasteiger partial charge < -0.3 is 0 Å². The van der Waals surface area contributed by atoms with Gasteiger partial charge >= 0.3 is 0 Å². The van der Waals surface area contributed by atoms with Crippen LogP contribution in [-0.4, -0.2) is 6.29 Å². The second kappa shape index (κ2) is 6.79. The van der Waals surface area contributed by atoms with Gasteiger partial charge in [0.05, 0.1) is 0 Å². The molecule has 0 N–H and O–H groups in total. The van der Waals surface area contributed by atoms with Gasteiger partial charge in [-0.3, -0.25) is 4.79 Å². The van der Waals surface area contributed by atoms with Crippen molar-refractivity contribution < 1.29 is 4.79 Å². The molecule has 0 spiro atoms. The van der Waals surface area contributed by atoms with Gasteiger partial charge in [0.15, 0.2) is 6.29 Å². The largest absolute Gasteiger partial charge is 0.291 e. The van der Waals surface area contributed by atoms with Crippen molar-refractivity contribution in [2.45, 2.75) is 46.0 Å². The topological polar surface area (TPSA) is 17.1 Å². The van der Waals surface area contributed by atoms with Crippen molar-refractivity contribution >= 4 is 6.29 Å². The zero-order valence-corrected chi connectivity index (χ0v) is 7.02. The monoisotopic (exact) mass is 141 g/mol. The SMILES string of the molecule is CCCCC(CC)C[C]=O. The van der Waals surface area contributed by atoms with Crippen LogP contribution in [0.2, 0.25) is 0 Å². The van der Waals surface area contributed by atoms with Crippen molar-refractivity contribution in [3.8, 4) is 0 Å². The average Bonchev–Trinajstić information content (AvgIpc) is 1.98. The van der Waals surface area contributed by atoms with Gasteiger partial charge in [0.25, 0.3) is 0 Å². The van der Waals surface area contributed by atoms with Gasteiger partial charge in [-0.15, -0.1) is 0 Å². The Kier molecular flexibility index (Phi) is 6.56. The molecule has 1 atom stereocenters. The standard InChI is InChI=1S/C9H17O/c1-3-5-6-9(4-2)7-8-10/h9H,3-7H2,1-2H3. The van der Waals surface area contributed by atoms with E-state index in [1.165, 1.54) is 19.3 Å². The first-order chi connectivity index (χ1) is 4.85. The number of hydrogen-bond donors (Lipinski definition) is 0. The van der Waals surface area contributed by atoms with Crippen LogP contribution < -0.4 is 0 Å². The Bertz CT molecular complexity index is 78.8. The fraction of sp³-hybridized carbons (Fsp3) is 0.889. The maximum Gasteiger partial charge on any atom is 0.198 e. The van der Waals surface area contributed by atoms with Crippen LogP contribution in [0.3, 0.4) is 0 Å². The zero-order valence-electron chi connectivity index (χ0n) is 7.02.